The fraction of sp³-hybridized carbons (Fsp3) is 0.130. The Morgan fingerprint density at radius 1 is 0.824 bits per heavy atom. The van der Waals surface area contributed by atoms with Crippen molar-refractivity contribution in [3.05, 3.63) is 94.5 Å². The topological polar surface area (TPSA) is 104 Å². The predicted molar refractivity (Wildman–Crippen MR) is 120 cm³/mol. The first-order chi connectivity index (χ1) is 15.9. The van der Waals surface area contributed by atoms with Crippen molar-refractivity contribution in [1.82, 2.24) is 10.9 Å². The predicted octanol–water partition coefficient (Wildman–Crippen LogP) is 4.20. The summed E-state index contributed by atoms with van der Waals surface area (Å²) in [5.74, 6) is -1.33. The Morgan fingerprint density at radius 2 is 1.50 bits per heavy atom. The molecule has 0 atom stereocenters. The molecule has 11 heteroatoms. The summed E-state index contributed by atoms with van der Waals surface area (Å²) in [6.45, 7) is 3.55. The zero-order valence-corrected chi connectivity index (χ0v) is 18.8. The number of sulfonamides is 1. The molecule has 3 N–H and O–H groups in total. The maximum absolute atomic E-state index is 12.9. The molecule has 0 aliphatic rings. The highest BCUT2D eigenvalue weighted by molar-refractivity contribution is 7.92. The normalized spacial score (nSPS) is 11.6. The number of carbonyl (C=O) groups is 2. The number of nitrogens with one attached hydrogen (secondary N) is 3. The van der Waals surface area contributed by atoms with Crippen LogP contribution in [0.25, 0.3) is 0 Å². The minimum absolute atomic E-state index is 0.0896. The minimum Gasteiger partial charge on any atom is -0.280 e. The number of alkyl halides is 3. The van der Waals surface area contributed by atoms with Crippen molar-refractivity contribution >= 4 is 27.5 Å². The SMILES string of the molecule is Cc1ccc(C)c(C(=O)NNC(=O)c2cccc(S(=O)(=O)Nc3cccc(C(F)(F)F)c3)c2)c1. The summed E-state index contributed by atoms with van der Waals surface area (Å²) in [6.07, 6.45) is -4.64. The Balaban J connectivity index is 1.74. The van der Waals surface area contributed by atoms with Gasteiger partial charge in [-0.15, -0.1) is 0 Å². The van der Waals surface area contributed by atoms with Crippen LogP contribution in [0, 0.1) is 13.8 Å². The zero-order valence-electron chi connectivity index (χ0n) is 18.0. The summed E-state index contributed by atoms with van der Waals surface area (Å²) in [6, 6.07) is 13.8. The van der Waals surface area contributed by atoms with Crippen molar-refractivity contribution in [3.8, 4) is 0 Å². The Morgan fingerprint density at radius 3 is 2.21 bits per heavy atom. The van der Waals surface area contributed by atoms with Crippen LogP contribution in [0.4, 0.5) is 18.9 Å². The lowest BCUT2D eigenvalue weighted by Gasteiger charge is -2.12. The number of rotatable bonds is 5. The van der Waals surface area contributed by atoms with Gasteiger partial charge in [0.1, 0.15) is 0 Å². The largest absolute Gasteiger partial charge is 0.416 e. The summed E-state index contributed by atoms with van der Waals surface area (Å²) in [7, 11) is -4.30. The Hall–Kier alpha value is -3.86. The molecule has 0 aliphatic carbocycles. The molecule has 178 valence electrons. The van der Waals surface area contributed by atoms with E-state index >= 15 is 0 Å². The van der Waals surface area contributed by atoms with E-state index in [4.69, 9.17) is 0 Å². The molecule has 3 rings (SSSR count). The maximum atomic E-state index is 12.9. The number of carbonyl (C=O) groups excluding carboxylic acids is 2. The standard InChI is InChI=1S/C23H20F3N3O4S/c1-14-9-10-15(2)20(11-14)22(31)28-27-21(30)16-5-3-8-19(12-16)34(32,33)29-18-7-4-6-17(13-18)23(24,25)26/h3-13,29H,1-2H3,(H,27,30)(H,28,31). The number of anilines is 1. The van der Waals surface area contributed by atoms with Crippen molar-refractivity contribution in [2.45, 2.75) is 24.9 Å². The van der Waals surface area contributed by atoms with E-state index in [0.717, 1.165) is 23.8 Å². The minimum atomic E-state index is -4.64. The number of halogens is 3. The summed E-state index contributed by atoms with van der Waals surface area (Å²) < 4.78 is 66.1. The number of aryl methyl sites for hydroxylation is 2. The van der Waals surface area contributed by atoms with Crippen LogP contribution >= 0.6 is 0 Å². The molecule has 0 saturated carbocycles. The number of hydrogen-bond acceptors (Lipinski definition) is 4. The molecule has 0 heterocycles. The van der Waals surface area contributed by atoms with Gasteiger partial charge in [-0.25, -0.2) is 8.42 Å². The van der Waals surface area contributed by atoms with Crippen LogP contribution in [0.3, 0.4) is 0 Å². The fourth-order valence-corrected chi connectivity index (χ4v) is 4.11. The third-order valence-corrected chi connectivity index (χ3v) is 6.15. The molecule has 0 unspecified atom stereocenters. The Bertz CT molecular complexity index is 1360. The van der Waals surface area contributed by atoms with Gasteiger partial charge in [-0.2, -0.15) is 13.2 Å². The Kier molecular flexibility index (Phi) is 6.96. The van der Waals surface area contributed by atoms with Crippen molar-refractivity contribution in [1.29, 1.82) is 0 Å². The molecule has 34 heavy (non-hydrogen) atoms. The number of hydrogen-bond donors (Lipinski definition) is 3. The lowest BCUT2D eigenvalue weighted by atomic mass is 10.1. The number of hydrazine groups is 1. The Labute approximate surface area is 194 Å². The molecule has 0 aromatic heterocycles. The van der Waals surface area contributed by atoms with E-state index in [-0.39, 0.29) is 16.1 Å². The van der Waals surface area contributed by atoms with Crippen molar-refractivity contribution in [3.63, 3.8) is 0 Å². The van der Waals surface area contributed by atoms with E-state index in [9.17, 15) is 31.2 Å². The molecule has 0 spiro atoms. The third-order valence-electron chi connectivity index (χ3n) is 4.78. The van der Waals surface area contributed by atoms with Gasteiger partial charge in [-0.05, 0) is 61.9 Å². The van der Waals surface area contributed by atoms with Gasteiger partial charge >= 0.3 is 6.18 Å². The quantitative estimate of drug-likeness (QED) is 0.466. The van der Waals surface area contributed by atoms with Crippen LogP contribution in [0.1, 0.15) is 37.4 Å². The smallest absolute Gasteiger partial charge is 0.280 e. The molecule has 0 aliphatic heterocycles. The van der Waals surface area contributed by atoms with E-state index in [0.29, 0.717) is 17.2 Å². The average molecular weight is 491 g/mol. The van der Waals surface area contributed by atoms with Crippen molar-refractivity contribution in [2.24, 2.45) is 0 Å². The molecule has 2 amide bonds. The van der Waals surface area contributed by atoms with E-state index < -0.39 is 33.6 Å². The summed E-state index contributed by atoms with van der Waals surface area (Å²) in [5.41, 5.74) is 5.02. The first kappa shape index (κ1) is 24.8. The monoisotopic (exact) mass is 491 g/mol. The van der Waals surface area contributed by atoms with Gasteiger partial charge in [0.15, 0.2) is 0 Å². The molecule has 0 bridgehead atoms. The molecule has 0 saturated heterocycles. The maximum Gasteiger partial charge on any atom is 0.416 e. The van der Waals surface area contributed by atoms with E-state index in [1.54, 1.807) is 19.1 Å². The highest BCUT2D eigenvalue weighted by atomic mass is 32.2. The molecule has 0 fully saturated rings. The number of amides is 2. The van der Waals surface area contributed by atoms with Gasteiger partial charge in [-0.1, -0.05) is 29.8 Å². The average Bonchev–Trinajstić information content (AvgIpc) is 2.78. The summed E-state index contributed by atoms with van der Waals surface area (Å²) in [5, 5.41) is 0. The van der Waals surface area contributed by atoms with Gasteiger partial charge in [0.05, 0.1) is 10.5 Å². The molecular weight excluding hydrogens is 471 g/mol. The highest BCUT2D eigenvalue weighted by Crippen LogP contribution is 2.31. The number of benzene rings is 3. The van der Waals surface area contributed by atoms with E-state index in [1.807, 2.05) is 13.0 Å². The van der Waals surface area contributed by atoms with Crippen LogP contribution in [0.2, 0.25) is 0 Å². The van der Waals surface area contributed by atoms with Crippen LogP contribution < -0.4 is 15.6 Å². The second-order valence-electron chi connectivity index (χ2n) is 7.44. The van der Waals surface area contributed by atoms with E-state index in [1.165, 1.54) is 24.3 Å². The van der Waals surface area contributed by atoms with Gasteiger partial charge < -0.3 is 0 Å². The second kappa shape index (κ2) is 9.56. The van der Waals surface area contributed by atoms with Crippen LogP contribution in [0.15, 0.2) is 71.6 Å². The summed E-state index contributed by atoms with van der Waals surface area (Å²) >= 11 is 0. The van der Waals surface area contributed by atoms with Crippen LogP contribution in [0.5, 0.6) is 0 Å². The highest BCUT2D eigenvalue weighted by Gasteiger charge is 2.30. The molecule has 3 aromatic rings. The molecule has 0 radical (unpaired) electrons. The lowest BCUT2D eigenvalue weighted by molar-refractivity contribution is -0.137. The summed E-state index contributed by atoms with van der Waals surface area (Å²) in [4.78, 5) is 24.5. The molecule has 3 aromatic carbocycles. The van der Waals surface area contributed by atoms with Gasteiger partial charge in [0, 0.05) is 16.8 Å². The first-order valence-electron chi connectivity index (χ1n) is 9.85. The van der Waals surface area contributed by atoms with E-state index in [2.05, 4.69) is 15.6 Å². The van der Waals surface area contributed by atoms with Crippen molar-refractivity contribution in [2.75, 3.05) is 4.72 Å². The molecule has 7 nitrogen and oxygen atoms in total. The van der Waals surface area contributed by atoms with Crippen LogP contribution in [-0.2, 0) is 16.2 Å². The molecular formula is C23H20F3N3O4S. The first-order valence-corrected chi connectivity index (χ1v) is 11.3. The fourth-order valence-electron chi connectivity index (χ4n) is 3.01. The second-order valence-corrected chi connectivity index (χ2v) is 9.12. The third kappa shape index (κ3) is 5.93. The zero-order chi connectivity index (χ0) is 25.1. The lowest BCUT2D eigenvalue weighted by Crippen LogP contribution is -2.42. The van der Waals surface area contributed by atoms with Crippen molar-refractivity contribution < 1.29 is 31.2 Å². The van der Waals surface area contributed by atoms with Gasteiger partial charge in [-0.3, -0.25) is 25.2 Å². The van der Waals surface area contributed by atoms with Crippen LogP contribution in [-0.4, -0.2) is 20.2 Å². The van der Waals surface area contributed by atoms with Gasteiger partial charge in [0.2, 0.25) is 0 Å². The van der Waals surface area contributed by atoms with Gasteiger partial charge in [0.25, 0.3) is 21.8 Å².